The van der Waals surface area contributed by atoms with Crippen LogP contribution >= 0.6 is 0 Å². The van der Waals surface area contributed by atoms with Crippen LogP contribution < -0.4 is 0 Å². The van der Waals surface area contributed by atoms with Gasteiger partial charge >= 0.3 is 5.97 Å². The minimum absolute atomic E-state index is 0.151. The predicted molar refractivity (Wildman–Crippen MR) is 41.3 cm³/mol. The van der Waals surface area contributed by atoms with Gasteiger partial charge in [0.2, 0.25) is 5.78 Å². The molecule has 0 fully saturated rings. The summed E-state index contributed by atoms with van der Waals surface area (Å²) in [4.78, 5) is 21.1. The van der Waals surface area contributed by atoms with Crippen molar-refractivity contribution in [3.05, 3.63) is 0 Å². The molecule has 0 aromatic carbocycles. The number of carbonyl (C=O) groups is 2. The number of carbonyl (C=O) groups excluding carboxylic acids is 1. The van der Waals surface area contributed by atoms with E-state index in [9.17, 15) is 9.59 Å². The highest BCUT2D eigenvalue weighted by Gasteiger charge is 2.24. The summed E-state index contributed by atoms with van der Waals surface area (Å²) < 4.78 is 0. The molecule has 0 aromatic rings. The van der Waals surface area contributed by atoms with Crippen molar-refractivity contribution in [1.82, 2.24) is 0 Å². The Labute approximate surface area is 66.4 Å². The molecule has 0 aromatic heterocycles. The van der Waals surface area contributed by atoms with Gasteiger partial charge < -0.3 is 5.11 Å². The molecule has 0 bridgehead atoms. The highest BCUT2D eigenvalue weighted by Crippen LogP contribution is 2.15. The summed E-state index contributed by atoms with van der Waals surface area (Å²) in [5, 5.41) is 8.35. The van der Waals surface area contributed by atoms with Gasteiger partial charge in [0.05, 0.1) is 0 Å². The number of rotatable bonds is 4. The van der Waals surface area contributed by atoms with Crippen LogP contribution in [-0.4, -0.2) is 16.9 Å². The van der Waals surface area contributed by atoms with Crippen LogP contribution in [0.4, 0.5) is 0 Å². The van der Waals surface area contributed by atoms with E-state index in [1.165, 1.54) is 0 Å². The average molecular weight is 158 g/mol. The molecule has 0 radical (unpaired) electrons. The van der Waals surface area contributed by atoms with E-state index in [-0.39, 0.29) is 11.8 Å². The van der Waals surface area contributed by atoms with E-state index in [0.717, 1.165) is 6.42 Å². The predicted octanol–water partition coefficient (Wildman–Crippen LogP) is 1.32. The van der Waals surface area contributed by atoms with Crippen LogP contribution in [0.1, 0.15) is 27.2 Å². The molecule has 0 heterocycles. The van der Waals surface area contributed by atoms with Crippen LogP contribution in [0.25, 0.3) is 0 Å². The SMILES string of the molecule is CCC(C)C(C)C(=O)C(=O)O. The highest BCUT2D eigenvalue weighted by atomic mass is 16.4. The summed E-state index contributed by atoms with van der Waals surface area (Å²) in [5.74, 6) is -2.21. The minimum Gasteiger partial charge on any atom is -0.475 e. The molecule has 64 valence electrons. The minimum atomic E-state index is -1.32. The number of hydrogen-bond donors (Lipinski definition) is 1. The molecule has 3 nitrogen and oxygen atoms in total. The second kappa shape index (κ2) is 4.11. The molecular formula is C8H14O3. The van der Waals surface area contributed by atoms with E-state index >= 15 is 0 Å². The van der Waals surface area contributed by atoms with Crippen molar-refractivity contribution in [2.45, 2.75) is 27.2 Å². The van der Waals surface area contributed by atoms with Gasteiger partial charge in [-0.3, -0.25) is 4.79 Å². The summed E-state index contributed by atoms with van der Waals surface area (Å²) in [6.07, 6.45) is 0.834. The van der Waals surface area contributed by atoms with Gasteiger partial charge in [-0.05, 0) is 5.92 Å². The molecule has 0 aliphatic heterocycles. The normalized spacial score (nSPS) is 15.5. The van der Waals surface area contributed by atoms with E-state index in [4.69, 9.17) is 5.11 Å². The van der Waals surface area contributed by atoms with Gasteiger partial charge in [0.15, 0.2) is 0 Å². The summed E-state index contributed by atoms with van der Waals surface area (Å²) in [6, 6.07) is 0. The van der Waals surface area contributed by atoms with Gasteiger partial charge in [0, 0.05) is 5.92 Å². The van der Waals surface area contributed by atoms with Crippen LogP contribution in [0.3, 0.4) is 0 Å². The third-order valence-electron chi connectivity index (χ3n) is 2.12. The summed E-state index contributed by atoms with van der Waals surface area (Å²) in [5.41, 5.74) is 0. The lowest BCUT2D eigenvalue weighted by Gasteiger charge is -2.13. The van der Waals surface area contributed by atoms with Crippen LogP contribution in [0.15, 0.2) is 0 Å². The molecule has 11 heavy (non-hydrogen) atoms. The van der Waals surface area contributed by atoms with Crippen molar-refractivity contribution in [3.8, 4) is 0 Å². The highest BCUT2D eigenvalue weighted by molar-refractivity contribution is 6.33. The zero-order valence-electron chi connectivity index (χ0n) is 7.13. The number of Topliss-reactive ketones (excluding diaryl/α,β-unsaturated/α-hetero) is 1. The summed E-state index contributed by atoms with van der Waals surface area (Å²) >= 11 is 0. The van der Waals surface area contributed by atoms with Crippen molar-refractivity contribution in [3.63, 3.8) is 0 Å². The Morgan fingerprint density at radius 1 is 1.36 bits per heavy atom. The third kappa shape index (κ3) is 2.70. The van der Waals surface area contributed by atoms with Crippen LogP contribution in [-0.2, 0) is 9.59 Å². The van der Waals surface area contributed by atoms with Crippen LogP contribution in [0.5, 0.6) is 0 Å². The fourth-order valence-electron chi connectivity index (χ4n) is 0.807. The lowest BCUT2D eigenvalue weighted by atomic mass is 9.90. The van der Waals surface area contributed by atoms with E-state index in [1.54, 1.807) is 6.92 Å². The molecular weight excluding hydrogens is 144 g/mol. The summed E-state index contributed by atoms with van der Waals surface area (Å²) in [6.45, 7) is 5.48. The third-order valence-corrected chi connectivity index (χ3v) is 2.12. The number of hydrogen-bond acceptors (Lipinski definition) is 2. The Kier molecular flexibility index (Phi) is 3.79. The monoisotopic (exact) mass is 158 g/mol. The molecule has 0 rings (SSSR count). The molecule has 0 aliphatic carbocycles. The molecule has 0 aliphatic rings. The lowest BCUT2D eigenvalue weighted by molar-refractivity contribution is -0.151. The first-order valence-electron chi connectivity index (χ1n) is 3.77. The zero-order valence-corrected chi connectivity index (χ0v) is 7.13. The van der Waals surface area contributed by atoms with E-state index < -0.39 is 11.8 Å². The van der Waals surface area contributed by atoms with Gasteiger partial charge in [-0.15, -0.1) is 0 Å². The van der Waals surface area contributed by atoms with Gasteiger partial charge in [-0.25, -0.2) is 4.79 Å². The van der Waals surface area contributed by atoms with Crippen molar-refractivity contribution in [2.75, 3.05) is 0 Å². The molecule has 2 unspecified atom stereocenters. The first kappa shape index (κ1) is 10.1. The molecule has 3 heteroatoms. The van der Waals surface area contributed by atoms with E-state index in [1.807, 2.05) is 13.8 Å². The Morgan fingerprint density at radius 2 is 1.82 bits per heavy atom. The van der Waals surface area contributed by atoms with E-state index in [2.05, 4.69) is 0 Å². The van der Waals surface area contributed by atoms with Gasteiger partial charge in [-0.1, -0.05) is 27.2 Å². The average Bonchev–Trinajstić information content (AvgIpc) is 2.00. The van der Waals surface area contributed by atoms with Crippen molar-refractivity contribution < 1.29 is 14.7 Å². The molecule has 0 saturated carbocycles. The Bertz CT molecular complexity index is 163. The number of aliphatic carboxylic acids is 1. The molecule has 0 amide bonds. The van der Waals surface area contributed by atoms with E-state index in [0.29, 0.717) is 0 Å². The zero-order chi connectivity index (χ0) is 9.02. The maximum atomic E-state index is 10.8. The maximum absolute atomic E-state index is 10.8. The van der Waals surface area contributed by atoms with Gasteiger partial charge in [-0.2, -0.15) is 0 Å². The second-order valence-electron chi connectivity index (χ2n) is 2.84. The van der Waals surface area contributed by atoms with Crippen molar-refractivity contribution >= 4 is 11.8 Å². The summed E-state index contributed by atoms with van der Waals surface area (Å²) in [7, 11) is 0. The van der Waals surface area contributed by atoms with Crippen LogP contribution in [0.2, 0.25) is 0 Å². The topological polar surface area (TPSA) is 54.4 Å². The number of carboxylic acid groups (broad SMARTS) is 1. The van der Waals surface area contributed by atoms with Crippen molar-refractivity contribution in [2.24, 2.45) is 11.8 Å². The van der Waals surface area contributed by atoms with Gasteiger partial charge in [0.25, 0.3) is 0 Å². The largest absolute Gasteiger partial charge is 0.475 e. The quantitative estimate of drug-likeness (QED) is 0.628. The van der Waals surface area contributed by atoms with Gasteiger partial charge in [0.1, 0.15) is 0 Å². The molecule has 0 spiro atoms. The fraction of sp³-hybridized carbons (Fsp3) is 0.750. The molecule has 0 saturated heterocycles. The maximum Gasteiger partial charge on any atom is 0.372 e. The first-order chi connectivity index (χ1) is 5.00. The van der Waals surface area contributed by atoms with Crippen LogP contribution in [0, 0.1) is 11.8 Å². The van der Waals surface area contributed by atoms with Crippen molar-refractivity contribution in [1.29, 1.82) is 0 Å². The Morgan fingerprint density at radius 3 is 2.09 bits per heavy atom. The molecule has 1 N–H and O–H groups in total. The lowest BCUT2D eigenvalue weighted by Crippen LogP contribution is -2.25. The fourth-order valence-corrected chi connectivity index (χ4v) is 0.807. The number of carboxylic acids is 1. The smallest absolute Gasteiger partial charge is 0.372 e. The molecule has 2 atom stereocenters. The Hall–Kier alpha value is -0.860. The Balaban J connectivity index is 4.13. The standard InChI is InChI=1S/C8H14O3/c1-4-5(2)6(3)7(9)8(10)11/h5-6H,4H2,1-3H3,(H,10,11). The number of ketones is 1. The first-order valence-corrected chi connectivity index (χ1v) is 3.77. The second-order valence-corrected chi connectivity index (χ2v) is 2.84.